The van der Waals surface area contributed by atoms with Gasteiger partial charge in [0.05, 0.1) is 6.10 Å². The molecule has 4 nitrogen and oxygen atoms in total. The Labute approximate surface area is 123 Å². The summed E-state index contributed by atoms with van der Waals surface area (Å²) >= 11 is 0. The highest BCUT2D eigenvalue weighted by molar-refractivity contribution is 5.74. The van der Waals surface area contributed by atoms with Crippen molar-refractivity contribution in [2.24, 2.45) is 17.3 Å². The summed E-state index contributed by atoms with van der Waals surface area (Å²) in [6.45, 7) is 12.9. The smallest absolute Gasteiger partial charge is 0.317 e. The van der Waals surface area contributed by atoms with Gasteiger partial charge in [0.25, 0.3) is 0 Å². The van der Waals surface area contributed by atoms with E-state index < -0.39 is 0 Å². The zero-order valence-electron chi connectivity index (χ0n) is 13.8. The van der Waals surface area contributed by atoms with Gasteiger partial charge < -0.3 is 15.3 Å². The Morgan fingerprint density at radius 1 is 1.30 bits per heavy atom. The first-order valence-electron chi connectivity index (χ1n) is 7.92. The van der Waals surface area contributed by atoms with Crippen LogP contribution in [-0.2, 0) is 0 Å². The van der Waals surface area contributed by atoms with Crippen LogP contribution in [0.4, 0.5) is 4.79 Å². The highest BCUT2D eigenvalue weighted by atomic mass is 16.3. The molecule has 1 heterocycles. The summed E-state index contributed by atoms with van der Waals surface area (Å²) in [6, 6.07) is 0.0471. The third-order valence-corrected chi connectivity index (χ3v) is 4.19. The standard InChI is InChI=1S/C16H32N2O2/c1-12(2)10-16(4,5)11-17-15(20)18-8-6-14(7-9-18)13(3)19/h12-14,19H,6-11H2,1-5H3,(H,17,20). The maximum atomic E-state index is 12.2. The van der Waals surface area contributed by atoms with Gasteiger partial charge in [0.15, 0.2) is 0 Å². The first kappa shape index (κ1) is 17.3. The third kappa shape index (κ3) is 5.70. The van der Waals surface area contributed by atoms with E-state index in [0.717, 1.165) is 38.9 Å². The van der Waals surface area contributed by atoms with Crippen LogP contribution in [-0.4, -0.2) is 41.8 Å². The molecule has 0 aromatic rings. The average molecular weight is 284 g/mol. The maximum Gasteiger partial charge on any atom is 0.317 e. The molecule has 20 heavy (non-hydrogen) atoms. The average Bonchev–Trinajstić information content (AvgIpc) is 2.34. The van der Waals surface area contributed by atoms with Crippen molar-refractivity contribution in [3.8, 4) is 0 Å². The van der Waals surface area contributed by atoms with E-state index >= 15 is 0 Å². The van der Waals surface area contributed by atoms with Gasteiger partial charge in [-0.3, -0.25) is 0 Å². The number of amides is 2. The fraction of sp³-hybridized carbons (Fsp3) is 0.938. The number of nitrogens with zero attached hydrogens (tertiary/aromatic N) is 1. The summed E-state index contributed by atoms with van der Waals surface area (Å²) in [5.41, 5.74) is 0.141. The van der Waals surface area contributed by atoms with Crippen molar-refractivity contribution in [2.75, 3.05) is 19.6 Å². The summed E-state index contributed by atoms with van der Waals surface area (Å²) in [5.74, 6) is 0.986. The molecule has 0 aromatic heterocycles. The molecular weight excluding hydrogens is 252 g/mol. The van der Waals surface area contributed by atoms with Crippen LogP contribution in [0, 0.1) is 17.3 Å². The van der Waals surface area contributed by atoms with Gasteiger partial charge in [-0.1, -0.05) is 27.7 Å². The summed E-state index contributed by atoms with van der Waals surface area (Å²) in [4.78, 5) is 14.0. The van der Waals surface area contributed by atoms with Crippen molar-refractivity contribution in [1.29, 1.82) is 0 Å². The molecule has 0 spiro atoms. The Balaban J connectivity index is 2.34. The quantitative estimate of drug-likeness (QED) is 0.815. The normalized spacial score (nSPS) is 19.2. The molecule has 1 saturated heterocycles. The molecule has 0 aliphatic carbocycles. The molecule has 1 aliphatic rings. The van der Waals surface area contributed by atoms with Crippen LogP contribution in [0.25, 0.3) is 0 Å². The number of hydrogen-bond donors (Lipinski definition) is 2. The van der Waals surface area contributed by atoms with Gasteiger partial charge in [-0.15, -0.1) is 0 Å². The number of carbonyl (C=O) groups is 1. The Kier molecular flexibility index (Phi) is 6.31. The third-order valence-electron chi connectivity index (χ3n) is 4.19. The van der Waals surface area contributed by atoms with Crippen molar-refractivity contribution in [3.05, 3.63) is 0 Å². The van der Waals surface area contributed by atoms with E-state index in [1.54, 1.807) is 0 Å². The van der Waals surface area contributed by atoms with Crippen molar-refractivity contribution in [3.63, 3.8) is 0 Å². The second-order valence-corrected chi connectivity index (χ2v) is 7.49. The second-order valence-electron chi connectivity index (χ2n) is 7.49. The van der Waals surface area contributed by atoms with Crippen LogP contribution >= 0.6 is 0 Å². The predicted octanol–water partition coefficient (Wildman–Crippen LogP) is 2.86. The molecule has 2 N–H and O–H groups in total. The van der Waals surface area contributed by atoms with E-state index in [1.807, 2.05) is 11.8 Å². The van der Waals surface area contributed by atoms with Gasteiger partial charge in [-0.25, -0.2) is 4.79 Å². The highest BCUT2D eigenvalue weighted by Gasteiger charge is 2.26. The van der Waals surface area contributed by atoms with E-state index in [2.05, 4.69) is 33.0 Å². The van der Waals surface area contributed by atoms with Crippen LogP contribution in [0.3, 0.4) is 0 Å². The predicted molar refractivity (Wildman–Crippen MR) is 82.6 cm³/mol. The van der Waals surface area contributed by atoms with Gasteiger partial charge >= 0.3 is 6.03 Å². The first-order chi connectivity index (χ1) is 9.21. The number of aliphatic hydroxyl groups is 1. The number of aliphatic hydroxyl groups excluding tert-OH is 1. The lowest BCUT2D eigenvalue weighted by molar-refractivity contribution is 0.0792. The molecular formula is C16H32N2O2. The summed E-state index contributed by atoms with van der Waals surface area (Å²) in [6.07, 6.45) is 2.66. The fourth-order valence-corrected chi connectivity index (χ4v) is 3.19. The van der Waals surface area contributed by atoms with E-state index in [0.29, 0.717) is 11.8 Å². The Hall–Kier alpha value is -0.770. The molecule has 1 unspecified atom stereocenters. The lowest BCUT2D eigenvalue weighted by Gasteiger charge is -2.34. The minimum absolute atomic E-state index is 0.0471. The van der Waals surface area contributed by atoms with Gasteiger partial charge in [0.1, 0.15) is 0 Å². The molecule has 1 aliphatic heterocycles. The minimum Gasteiger partial charge on any atom is -0.393 e. The van der Waals surface area contributed by atoms with Crippen LogP contribution in [0.15, 0.2) is 0 Å². The number of urea groups is 1. The SMILES string of the molecule is CC(C)CC(C)(C)CNC(=O)N1CCC(C(C)O)CC1. The molecule has 0 aromatic carbocycles. The fourth-order valence-electron chi connectivity index (χ4n) is 3.19. The molecule has 4 heteroatoms. The molecule has 2 amide bonds. The van der Waals surface area contributed by atoms with Crippen LogP contribution in [0.2, 0.25) is 0 Å². The molecule has 0 saturated carbocycles. The highest BCUT2D eigenvalue weighted by Crippen LogP contribution is 2.24. The van der Waals surface area contributed by atoms with Crippen LogP contribution in [0.5, 0.6) is 0 Å². The number of hydrogen-bond acceptors (Lipinski definition) is 2. The topological polar surface area (TPSA) is 52.6 Å². The van der Waals surface area contributed by atoms with Gasteiger partial charge in [0, 0.05) is 19.6 Å². The van der Waals surface area contributed by atoms with Crippen molar-refractivity contribution in [2.45, 2.75) is 60.0 Å². The molecule has 1 fully saturated rings. The van der Waals surface area contributed by atoms with Crippen molar-refractivity contribution in [1.82, 2.24) is 10.2 Å². The van der Waals surface area contributed by atoms with Gasteiger partial charge in [0.2, 0.25) is 0 Å². The lowest BCUT2D eigenvalue weighted by atomic mass is 9.84. The second kappa shape index (κ2) is 7.30. The minimum atomic E-state index is -0.259. The molecule has 1 rings (SSSR count). The summed E-state index contributed by atoms with van der Waals surface area (Å²) in [5, 5.41) is 12.6. The van der Waals surface area contributed by atoms with Crippen molar-refractivity contribution < 1.29 is 9.90 Å². The van der Waals surface area contributed by atoms with E-state index in [-0.39, 0.29) is 17.6 Å². The Morgan fingerprint density at radius 2 is 1.85 bits per heavy atom. The lowest BCUT2D eigenvalue weighted by Crippen LogP contribution is -2.47. The first-order valence-corrected chi connectivity index (χ1v) is 7.92. The number of carbonyl (C=O) groups excluding carboxylic acids is 1. The summed E-state index contributed by atoms with van der Waals surface area (Å²) in [7, 11) is 0. The zero-order chi connectivity index (χ0) is 15.3. The van der Waals surface area contributed by atoms with Crippen LogP contribution < -0.4 is 5.32 Å². The van der Waals surface area contributed by atoms with Gasteiger partial charge in [-0.2, -0.15) is 0 Å². The summed E-state index contributed by atoms with van der Waals surface area (Å²) < 4.78 is 0. The molecule has 0 radical (unpaired) electrons. The number of piperidine rings is 1. The molecule has 118 valence electrons. The molecule has 1 atom stereocenters. The Bertz CT molecular complexity index is 306. The zero-order valence-corrected chi connectivity index (χ0v) is 13.8. The van der Waals surface area contributed by atoms with Gasteiger partial charge in [-0.05, 0) is 43.4 Å². The largest absolute Gasteiger partial charge is 0.393 e. The maximum absolute atomic E-state index is 12.2. The Morgan fingerprint density at radius 3 is 2.30 bits per heavy atom. The van der Waals surface area contributed by atoms with E-state index in [9.17, 15) is 9.90 Å². The number of rotatable bonds is 5. The van der Waals surface area contributed by atoms with E-state index in [4.69, 9.17) is 0 Å². The van der Waals surface area contributed by atoms with E-state index in [1.165, 1.54) is 0 Å². The number of likely N-dealkylation sites (tertiary alicyclic amines) is 1. The van der Waals surface area contributed by atoms with Crippen molar-refractivity contribution >= 4 is 6.03 Å². The van der Waals surface area contributed by atoms with Crippen LogP contribution in [0.1, 0.15) is 53.9 Å². The monoisotopic (exact) mass is 284 g/mol. The number of nitrogens with one attached hydrogen (secondary N) is 1. The molecule has 0 bridgehead atoms.